The van der Waals surface area contributed by atoms with E-state index in [9.17, 15) is 4.79 Å². The summed E-state index contributed by atoms with van der Waals surface area (Å²) >= 11 is 1.39. The molecule has 29 heavy (non-hydrogen) atoms. The molecular formula is C21H22N4O3S. The van der Waals surface area contributed by atoms with Crippen molar-refractivity contribution in [1.82, 2.24) is 9.88 Å². The molecule has 1 amide bonds. The highest BCUT2D eigenvalue weighted by Gasteiger charge is 2.23. The van der Waals surface area contributed by atoms with Gasteiger partial charge in [-0.3, -0.25) is 9.69 Å². The van der Waals surface area contributed by atoms with Crippen molar-refractivity contribution in [2.24, 2.45) is 0 Å². The van der Waals surface area contributed by atoms with Crippen molar-refractivity contribution in [3.05, 3.63) is 47.5 Å². The summed E-state index contributed by atoms with van der Waals surface area (Å²) in [5.74, 6) is 1.14. The van der Waals surface area contributed by atoms with Crippen LogP contribution in [-0.2, 0) is 0 Å². The highest BCUT2D eigenvalue weighted by Crippen LogP contribution is 2.40. The molecule has 8 heteroatoms. The van der Waals surface area contributed by atoms with Crippen LogP contribution in [-0.4, -0.2) is 57.2 Å². The Morgan fingerprint density at radius 1 is 1.07 bits per heavy atom. The first-order valence-electron chi connectivity index (χ1n) is 8.96. The number of carbonyl (C=O) groups excluding carboxylic acids is 1. The summed E-state index contributed by atoms with van der Waals surface area (Å²) in [6, 6.07) is 12.3. The van der Waals surface area contributed by atoms with Gasteiger partial charge in [0, 0.05) is 18.7 Å². The number of methoxy groups -OCH3 is 2. The van der Waals surface area contributed by atoms with Gasteiger partial charge in [0.25, 0.3) is 5.91 Å². The summed E-state index contributed by atoms with van der Waals surface area (Å²) in [6.07, 6.45) is 0. The fraction of sp³-hybridized carbons (Fsp3) is 0.286. The van der Waals surface area contributed by atoms with Crippen LogP contribution in [0.4, 0.5) is 5.13 Å². The van der Waals surface area contributed by atoms with E-state index in [1.807, 2.05) is 25.1 Å². The first-order valence-corrected chi connectivity index (χ1v) is 9.78. The fourth-order valence-electron chi connectivity index (χ4n) is 2.82. The third-order valence-electron chi connectivity index (χ3n) is 4.41. The zero-order valence-corrected chi connectivity index (χ0v) is 17.6. The third-order valence-corrected chi connectivity index (χ3v) is 5.50. The van der Waals surface area contributed by atoms with Gasteiger partial charge in [-0.05, 0) is 50.5 Å². The van der Waals surface area contributed by atoms with Gasteiger partial charge >= 0.3 is 0 Å². The molecule has 0 unspecified atom stereocenters. The topological polar surface area (TPSA) is 78.7 Å². The van der Waals surface area contributed by atoms with E-state index in [0.29, 0.717) is 46.4 Å². The summed E-state index contributed by atoms with van der Waals surface area (Å²) in [5, 5.41) is 9.56. The van der Waals surface area contributed by atoms with Crippen LogP contribution in [0.2, 0.25) is 0 Å². The number of aromatic nitrogens is 1. The van der Waals surface area contributed by atoms with Gasteiger partial charge < -0.3 is 14.4 Å². The van der Waals surface area contributed by atoms with Crippen LogP contribution in [0.5, 0.6) is 11.5 Å². The Bertz CT molecular complexity index is 1010. The zero-order valence-electron chi connectivity index (χ0n) is 16.8. The lowest BCUT2D eigenvalue weighted by molar-refractivity contribution is 0.0985. The molecule has 0 aliphatic rings. The number of likely N-dealkylation sites (N-methyl/N-ethyl adjacent to an activating group) is 1. The molecule has 3 aromatic rings. The standard InChI is InChI=1S/C21H22N4O3S/c1-24(2)11-12-25(20(26)15-7-5-14(13-22)6-8-15)21-23-18-16(27-3)9-10-17(28-4)19(18)29-21/h5-10H,11-12H2,1-4H3. The molecule has 7 nitrogen and oxygen atoms in total. The average molecular weight is 410 g/mol. The number of thiazole rings is 1. The minimum Gasteiger partial charge on any atom is -0.495 e. The van der Waals surface area contributed by atoms with Crippen LogP contribution in [0.15, 0.2) is 36.4 Å². The van der Waals surface area contributed by atoms with Gasteiger partial charge in [-0.2, -0.15) is 5.26 Å². The monoisotopic (exact) mass is 410 g/mol. The molecule has 0 atom stereocenters. The fourth-order valence-corrected chi connectivity index (χ4v) is 3.92. The van der Waals surface area contributed by atoms with Crippen LogP contribution in [0.25, 0.3) is 10.2 Å². The van der Waals surface area contributed by atoms with Crippen LogP contribution in [0.3, 0.4) is 0 Å². The quantitative estimate of drug-likeness (QED) is 0.594. The van der Waals surface area contributed by atoms with Crippen molar-refractivity contribution < 1.29 is 14.3 Å². The molecule has 1 aromatic heterocycles. The number of amides is 1. The van der Waals surface area contributed by atoms with E-state index in [1.165, 1.54) is 11.3 Å². The molecule has 0 saturated carbocycles. The van der Waals surface area contributed by atoms with Crippen molar-refractivity contribution in [3.63, 3.8) is 0 Å². The third kappa shape index (κ3) is 4.31. The van der Waals surface area contributed by atoms with Gasteiger partial charge in [0.05, 0.1) is 25.9 Å². The Hall–Kier alpha value is -3.15. The highest BCUT2D eigenvalue weighted by molar-refractivity contribution is 7.22. The van der Waals surface area contributed by atoms with Gasteiger partial charge in [0.1, 0.15) is 21.7 Å². The second-order valence-electron chi connectivity index (χ2n) is 6.59. The van der Waals surface area contributed by atoms with E-state index in [1.54, 1.807) is 49.5 Å². The minimum atomic E-state index is -0.173. The molecule has 0 fully saturated rings. The number of anilines is 1. The first kappa shape index (κ1) is 20.6. The normalized spacial score (nSPS) is 10.8. The van der Waals surface area contributed by atoms with E-state index in [-0.39, 0.29) is 5.91 Å². The van der Waals surface area contributed by atoms with Crippen molar-refractivity contribution in [2.45, 2.75) is 0 Å². The maximum Gasteiger partial charge on any atom is 0.260 e. The average Bonchev–Trinajstić information content (AvgIpc) is 3.18. The Kier molecular flexibility index (Phi) is 6.32. The number of hydrogen-bond acceptors (Lipinski definition) is 7. The molecule has 0 aliphatic heterocycles. The SMILES string of the molecule is COc1ccc(OC)c2sc(N(CCN(C)C)C(=O)c3ccc(C#N)cc3)nc12. The second kappa shape index (κ2) is 8.90. The summed E-state index contributed by atoms with van der Waals surface area (Å²) in [4.78, 5) is 21.6. The number of ether oxygens (including phenoxy) is 2. The molecule has 0 spiro atoms. The summed E-state index contributed by atoms with van der Waals surface area (Å²) < 4.78 is 11.7. The number of benzene rings is 2. The number of nitriles is 1. The smallest absolute Gasteiger partial charge is 0.260 e. The molecule has 150 valence electrons. The lowest BCUT2D eigenvalue weighted by Crippen LogP contribution is -2.36. The largest absolute Gasteiger partial charge is 0.495 e. The summed E-state index contributed by atoms with van der Waals surface area (Å²) in [5.41, 5.74) is 1.67. The van der Waals surface area contributed by atoms with Crippen LogP contribution in [0, 0.1) is 11.3 Å². The lowest BCUT2D eigenvalue weighted by Gasteiger charge is -2.22. The second-order valence-corrected chi connectivity index (χ2v) is 7.57. The highest BCUT2D eigenvalue weighted by atomic mass is 32.1. The number of hydrogen-bond donors (Lipinski definition) is 0. The van der Waals surface area contributed by atoms with Crippen molar-refractivity contribution >= 4 is 32.6 Å². The molecule has 0 bridgehead atoms. The van der Waals surface area contributed by atoms with Gasteiger partial charge in [0.2, 0.25) is 0 Å². The molecule has 1 heterocycles. The Morgan fingerprint density at radius 2 is 1.72 bits per heavy atom. The molecule has 0 aliphatic carbocycles. The molecule has 0 saturated heterocycles. The number of nitrogens with zero attached hydrogens (tertiary/aromatic N) is 4. The van der Waals surface area contributed by atoms with Crippen LogP contribution < -0.4 is 14.4 Å². The molecule has 0 radical (unpaired) electrons. The molecule has 0 N–H and O–H groups in total. The maximum absolute atomic E-state index is 13.3. The Morgan fingerprint density at radius 3 is 2.31 bits per heavy atom. The number of fused-ring (bicyclic) bond motifs is 1. The van der Waals surface area contributed by atoms with Crippen LogP contribution >= 0.6 is 11.3 Å². The van der Waals surface area contributed by atoms with Crippen LogP contribution in [0.1, 0.15) is 15.9 Å². The Labute approximate surface area is 173 Å². The first-order chi connectivity index (χ1) is 14.0. The summed E-state index contributed by atoms with van der Waals surface area (Å²) in [7, 11) is 7.10. The van der Waals surface area contributed by atoms with Crippen molar-refractivity contribution in [2.75, 3.05) is 46.3 Å². The predicted molar refractivity (Wildman–Crippen MR) is 114 cm³/mol. The Balaban J connectivity index is 2.06. The maximum atomic E-state index is 13.3. The predicted octanol–water partition coefficient (Wildman–Crippen LogP) is 3.39. The van der Waals surface area contributed by atoms with Crippen molar-refractivity contribution in [3.8, 4) is 17.6 Å². The van der Waals surface area contributed by atoms with E-state index >= 15 is 0 Å². The van der Waals surface area contributed by atoms with E-state index < -0.39 is 0 Å². The summed E-state index contributed by atoms with van der Waals surface area (Å²) in [6.45, 7) is 1.14. The van der Waals surface area contributed by atoms with E-state index in [2.05, 4.69) is 6.07 Å². The molecule has 2 aromatic carbocycles. The minimum absolute atomic E-state index is 0.173. The van der Waals surface area contributed by atoms with Gasteiger partial charge in [-0.25, -0.2) is 4.98 Å². The van der Waals surface area contributed by atoms with Gasteiger partial charge in [-0.1, -0.05) is 11.3 Å². The number of rotatable bonds is 7. The van der Waals surface area contributed by atoms with E-state index in [0.717, 1.165) is 4.70 Å². The molecular weight excluding hydrogens is 388 g/mol. The zero-order chi connectivity index (χ0) is 21.0. The molecule has 3 rings (SSSR count). The number of carbonyl (C=O) groups is 1. The van der Waals surface area contributed by atoms with E-state index in [4.69, 9.17) is 19.7 Å². The van der Waals surface area contributed by atoms with Crippen molar-refractivity contribution in [1.29, 1.82) is 5.26 Å². The lowest BCUT2D eigenvalue weighted by atomic mass is 10.1. The van der Waals surface area contributed by atoms with Gasteiger partial charge in [-0.15, -0.1) is 0 Å². The van der Waals surface area contributed by atoms with Gasteiger partial charge in [0.15, 0.2) is 5.13 Å².